The number of nitrogens with one attached hydrogen (secondary N) is 1. The van der Waals surface area contributed by atoms with Gasteiger partial charge in [-0.05, 0) is 42.0 Å². The topological polar surface area (TPSA) is 21.3 Å². The van der Waals surface area contributed by atoms with E-state index in [0.717, 1.165) is 24.1 Å². The summed E-state index contributed by atoms with van der Waals surface area (Å²) in [5.41, 5.74) is 2.79. The van der Waals surface area contributed by atoms with Crippen LogP contribution in [0.2, 0.25) is 0 Å². The molecule has 1 aliphatic heterocycles. The molecule has 17 heavy (non-hydrogen) atoms. The number of methoxy groups -OCH3 is 1. The Morgan fingerprint density at radius 3 is 2.88 bits per heavy atom. The molecule has 3 unspecified atom stereocenters. The lowest BCUT2D eigenvalue weighted by Gasteiger charge is -2.23. The molecule has 2 aliphatic rings. The predicted molar refractivity (Wildman–Crippen MR) is 70.7 cm³/mol. The molecular formula is C15H21NO. The molecule has 1 saturated carbocycles. The van der Waals surface area contributed by atoms with E-state index in [1.807, 2.05) is 6.07 Å². The van der Waals surface area contributed by atoms with Crippen LogP contribution in [0, 0.1) is 11.8 Å². The average molecular weight is 231 g/mol. The van der Waals surface area contributed by atoms with Gasteiger partial charge in [0, 0.05) is 18.2 Å². The van der Waals surface area contributed by atoms with Crippen LogP contribution in [0.1, 0.15) is 37.7 Å². The van der Waals surface area contributed by atoms with Gasteiger partial charge in [-0.1, -0.05) is 19.8 Å². The third-order valence-corrected chi connectivity index (χ3v) is 4.62. The molecule has 1 aromatic rings. The van der Waals surface area contributed by atoms with Crippen LogP contribution in [0.4, 0.5) is 5.69 Å². The molecule has 0 spiro atoms. The fourth-order valence-electron chi connectivity index (χ4n) is 3.62. The Morgan fingerprint density at radius 2 is 2.18 bits per heavy atom. The largest absolute Gasteiger partial charge is 0.497 e. The normalized spacial score (nSPS) is 31.1. The zero-order valence-electron chi connectivity index (χ0n) is 10.7. The molecule has 0 saturated heterocycles. The first-order valence-electron chi connectivity index (χ1n) is 6.71. The summed E-state index contributed by atoms with van der Waals surface area (Å²) in [6.07, 6.45) is 4.20. The van der Waals surface area contributed by atoms with E-state index in [1.165, 1.54) is 30.5 Å². The lowest BCUT2D eigenvalue weighted by atomic mass is 9.81. The molecule has 1 heterocycles. The monoisotopic (exact) mass is 231 g/mol. The first-order valence-corrected chi connectivity index (χ1v) is 6.71. The number of ether oxygens (including phenoxy) is 1. The summed E-state index contributed by atoms with van der Waals surface area (Å²) in [5, 5.41) is 3.54. The van der Waals surface area contributed by atoms with Crippen molar-refractivity contribution in [1.29, 1.82) is 0 Å². The highest BCUT2D eigenvalue weighted by Gasteiger charge is 2.35. The van der Waals surface area contributed by atoms with Gasteiger partial charge in [0.1, 0.15) is 5.75 Å². The average Bonchev–Trinajstić information content (AvgIpc) is 2.94. The van der Waals surface area contributed by atoms with Crippen molar-refractivity contribution in [2.45, 2.75) is 32.1 Å². The van der Waals surface area contributed by atoms with E-state index in [-0.39, 0.29) is 0 Å². The van der Waals surface area contributed by atoms with Crippen LogP contribution in [0.25, 0.3) is 0 Å². The quantitative estimate of drug-likeness (QED) is 0.839. The summed E-state index contributed by atoms with van der Waals surface area (Å²) in [7, 11) is 1.75. The van der Waals surface area contributed by atoms with Gasteiger partial charge < -0.3 is 10.1 Å². The van der Waals surface area contributed by atoms with Gasteiger partial charge in [0.2, 0.25) is 0 Å². The van der Waals surface area contributed by atoms with Crippen LogP contribution in [0.3, 0.4) is 0 Å². The molecule has 0 aromatic heterocycles. The van der Waals surface area contributed by atoms with Crippen molar-refractivity contribution in [2.75, 3.05) is 19.0 Å². The first-order chi connectivity index (χ1) is 8.29. The summed E-state index contributed by atoms with van der Waals surface area (Å²) < 4.78 is 5.35. The predicted octanol–water partition coefficient (Wildman–Crippen LogP) is 3.64. The standard InChI is InChI=1S/C15H21NO/c1-10-4-3-5-12(10)14-9-16-15-7-6-11(17-2)8-13(14)15/h6-8,10,12,14,16H,3-5,9H2,1-2H3. The highest BCUT2D eigenvalue weighted by Crippen LogP contribution is 2.46. The Balaban J connectivity index is 1.91. The molecule has 2 nitrogen and oxygen atoms in total. The minimum absolute atomic E-state index is 0.692. The second kappa shape index (κ2) is 4.25. The smallest absolute Gasteiger partial charge is 0.119 e. The van der Waals surface area contributed by atoms with Crippen LogP contribution in [0.15, 0.2) is 18.2 Å². The van der Waals surface area contributed by atoms with Crippen molar-refractivity contribution in [3.63, 3.8) is 0 Å². The zero-order chi connectivity index (χ0) is 11.8. The van der Waals surface area contributed by atoms with Crippen LogP contribution in [-0.2, 0) is 0 Å². The van der Waals surface area contributed by atoms with Gasteiger partial charge in [0.05, 0.1) is 7.11 Å². The van der Waals surface area contributed by atoms with Crippen molar-refractivity contribution in [3.05, 3.63) is 23.8 Å². The number of anilines is 1. The van der Waals surface area contributed by atoms with Gasteiger partial charge in [0.15, 0.2) is 0 Å². The molecule has 0 bridgehead atoms. The molecule has 1 fully saturated rings. The highest BCUT2D eigenvalue weighted by atomic mass is 16.5. The Hall–Kier alpha value is -1.18. The summed E-state index contributed by atoms with van der Waals surface area (Å²) in [6, 6.07) is 6.44. The molecule has 3 rings (SSSR count). The summed E-state index contributed by atoms with van der Waals surface area (Å²) in [6.45, 7) is 3.52. The number of rotatable bonds is 2. The molecule has 92 valence electrons. The van der Waals surface area contributed by atoms with Crippen LogP contribution >= 0.6 is 0 Å². The second-order valence-electron chi connectivity index (χ2n) is 5.51. The van der Waals surface area contributed by atoms with E-state index in [9.17, 15) is 0 Å². The Kier molecular flexibility index (Phi) is 2.73. The van der Waals surface area contributed by atoms with E-state index in [1.54, 1.807) is 7.11 Å². The van der Waals surface area contributed by atoms with E-state index < -0.39 is 0 Å². The molecule has 3 atom stereocenters. The van der Waals surface area contributed by atoms with Crippen molar-refractivity contribution >= 4 is 5.69 Å². The van der Waals surface area contributed by atoms with E-state index in [2.05, 4.69) is 24.4 Å². The third-order valence-electron chi connectivity index (χ3n) is 4.62. The van der Waals surface area contributed by atoms with Crippen molar-refractivity contribution in [1.82, 2.24) is 0 Å². The molecule has 2 heteroatoms. The Morgan fingerprint density at radius 1 is 1.29 bits per heavy atom. The summed E-state index contributed by atoms with van der Waals surface area (Å²) in [5.74, 6) is 3.41. The van der Waals surface area contributed by atoms with Gasteiger partial charge >= 0.3 is 0 Å². The van der Waals surface area contributed by atoms with Gasteiger partial charge in [-0.25, -0.2) is 0 Å². The fraction of sp³-hybridized carbons (Fsp3) is 0.600. The van der Waals surface area contributed by atoms with Crippen LogP contribution in [-0.4, -0.2) is 13.7 Å². The van der Waals surface area contributed by atoms with Crippen LogP contribution < -0.4 is 10.1 Å². The van der Waals surface area contributed by atoms with Crippen LogP contribution in [0.5, 0.6) is 5.75 Å². The third kappa shape index (κ3) is 1.80. The second-order valence-corrected chi connectivity index (χ2v) is 5.51. The molecular weight excluding hydrogens is 210 g/mol. The zero-order valence-corrected chi connectivity index (χ0v) is 10.7. The number of hydrogen-bond acceptors (Lipinski definition) is 2. The van der Waals surface area contributed by atoms with Gasteiger partial charge in [0.25, 0.3) is 0 Å². The number of hydrogen-bond donors (Lipinski definition) is 1. The SMILES string of the molecule is COc1ccc2c(c1)C(C1CCCC1C)CN2. The lowest BCUT2D eigenvalue weighted by Crippen LogP contribution is -2.17. The molecule has 1 aromatic carbocycles. The molecule has 0 radical (unpaired) electrons. The van der Waals surface area contributed by atoms with Gasteiger partial charge in [-0.3, -0.25) is 0 Å². The maximum atomic E-state index is 5.35. The van der Waals surface area contributed by atoms with Gasteiger partial charge in [-0.15, -0.1) is 0 Å². The van der Waals surface area contributed by atoms with Crippen molar-refractivity contribution < 1.29 is 4.74 Å². The summed E-state index contributed by atoms with van der Waals surface area (Å²) in [4.78, 5) is 0. The number of benzene rings is 1. The molecule has 0 amide bonds. The minimum atomic E-state index is 0.692. The first kappa shape index (κ1) is 10.9. The maximum absolute atomic E-state index is 5.35. The molecule has 1 aliphatic carbocycles. The minimum Gasteiger partial charge on any atom is -0.497 e. The highest BCUT2D eigenvalue weighted by molar-refractivity contribution is 5.60. The fourth-order valence-corrected chi connectivity index (χ4v) is 3.62. The van der Waals surface area contributed by atoms with Gasteiger partial charge in [-0.2, -0.15) is 0 Å². The molecule has 1 N–H and O–H groups in total. The van der Waals surface area contributed by atoms with E-state index in [4.69, 9.17) is 4.74 Å². The lowest BCUT2D eigenvalue weighted by molar-refractivity contribution is 0.360. The number of fused-ring (bicyclic) bond motifs is 1. The maximum Gasteiger partial charge on any atom is 0.119 e. The van der Waals surface area contributed by atoms with E-state index >= 15 is 0 Å². The Labute approximate surface area is 103 Å². The Bertz CT molecular complexity index is 415. The van der Waals surface area contributed by atoms with Crippen molar-refractivity contribution in [2.24, 2.45) is 11.8 Å². The summed E-state index contributed by atoms with van der Waals surface area (Å²) >= 11 is 0. The van der Waals surface area contributed by atoms with Crippen molar-refractivity contribution in [3.8, 4) is 5.75 Å². The van der Waals surface area contributed by atoms with E-state index in [0.29, 0.717) is 5.92 Å².